The van der Waals surface area contributed by atoms with Crippen LogP contribution in [0, 0.1) is 6.92 Å². The third-order valence-corrected chi connectivity index (χ3v) is 1.34. The van der Waals surface area contributed by atoms with Gasteiger partial charge in [0.25, 0.3) is 0 Å². The fourth-order valence-corrected chi connectivity index (χ4v) is 0.802. The Morgan fingerprint density at radius 2 is 2.00 bits per heavy atom. The van der Waals surface area contributed by atoms with Gasteiger partial charge >= 0.3 is 0 Å². The van der Waals surface area contributed by atoms with E-state index in [1.807, 2.05) is 0 Å². The van der Waals surface area contributed by atoms with Crippen molar-refractivity contribution in [3.05, 3.63) is 6.92 Å². The molecule has 0 aromatic carbocycles. The summed E-state index contributed by atoms with van der Waals surface area (Å²) in [7, 11) is 0. The molecule has 0 saturated carbocycles. The second kappa shape index (κ2) is 4.13. The van der Waals surface area contributed by atoms with Gasteiger partial charge in [0.2, 0.25) is 0 Å². The topological polar surface area (TPSA) is 0 Å². The minimum Gasteiger partial charge on any atom is -0.0765 e. The largest absolute Gasteiger partial charge is 0.0765 e. The zero-order valence-corrected chi connectivity index (χ0v) is 6.63. The first kappa shape index (κ1) is 6.96. The molecule has 0 atom stereocenters. The maximum absolute atomic E-state index is 3.67. The van der Waals surface area contributed by atoms with Gasteiger partial charge in [-0.1, -0.05) is 45.2 Å². The van der Waals surface area contributed by atoms with Crippen LogP contribution in [0.4, 0.5) is 0 Å². The van der Waals surface area contributed by atoms with Crippen LogP contribution in [0.15, 0.2) is 0 Å². The smallest absolute Gasteiger partial charge is 0.0697 e. The van der Waals surface area contributed by atoms with Crippen molar-refractivity contribution in [2.24, 2.45) is 0 Å². The van der Waals surface area contributed by atoms with E-state index in [1.54, 1.807) is 0 Å². The molecule has 2 heteroatoms. The predicted molar refractivity (Wildman–Crippen MR) is 36.2 cm³/mol. The van der Waals surface area contributed by atoms with Crippen LogP contribution in [0.5, 0.6) is 0 Å². The van der Waals surface area contributed by atoms with Gasteiger partial charge in [-0.3, -0.25) is 0 Å². The van der Waals surface area contributed by atoms with Gasteiger partial charge in [-0.2, -0.15) is 0 Å². The molecule has 0 N–H and O–H groups in total. The van der Waals surface area contributed by atoms with E-state index in [4.69, 9.17) is 0 Å². The molecule has 0 bridgehead atoms. The summed E-state index contributed by atoms with van der Waals surface area (Å²) in [5.74, 6) is 0. The van der Waals surface area contributed by atoms with Crippen LogP contribution < -0.4 is 0 Å². The Morgan fingerprint density at radius 1 is 1.50 bits per heavy atom. The molecule has 0 saturated heterocycles. The van der Waals surface area contributed by atoms with Gasteiger partial charge < -0.3 is 0 Å². The summed E-state index contributed by atoms with van der Waals surface area (Å²) >= 11 is 6.62. The lowest BCUT2D eigenvalue weighted by molar-refractivity contribution is 0.952. The number of alkyl halides is 2. The highest BCUT2D eigenvalue weighted by Gasteiger charge is 1.90. The van der Waals surface area contributed by atoms with Crippen molar-refractivity contribution in [2.45, 2.75) is 16.6 Å². The van der Waals surface area contributed by atoms with Crippen molar-refractivity contribution in [2.75, 3.05) is 0 Å². The Labute approximate surface area is 55.6 Å². The second-order valence-corrected chi connectivity index (χ2v) is 4.47. The number of halogens is 2. The Hall–Kier alpha value is 0.960. The minimum absolute atomic E-state index is 0.461. The fraction of sp³-hybridized carbons (Fsp3) is 0.750. The molecule has 0 unspecified atom stereocenters. The molecule has 0 aliphatic carbocycles. The van der Waals surface area contributed by atoms with Crippen LogP contribution in [-0.2, 0) is 0 Å². The van der Waals surface area contributed by atoms with Gasteiger partial charge in [0.1, 0.15) is 0 Å². The quantitative estimate of drug-likeness (QED) is 0.621. The lowest BCUT2D eigenvalue weighted by Gasteiger charge is -1.91. The molecule has 0 aromatic rings. The summed E-state index contributed by atoms with van der Waals surface area (Å²) in [6.07, 6.45) is 2.08. The van der Waals surface area contributed by atoms with Gasteiger partial charge in [-0.05, 0) is 6.42 Å². The standard InChI is InChI=1S/C4H7Br2/c1-2-3-4(5)6/h4H,1-3H2. The zero-order valence-electron chi connectivity index (χ0n) is 3.45. The molecule has 37 valence electrons. The summed E-state index contributed by atoms with van der Waals surface area (Å²) in [5, 5.41) is 0. The molecule has 0 aliphatic rings. The molecule has 6 heavy (non-hydrogen) atoms. The van der Waals surface area contributed by atoms with Crippen molar-refractivity contribution in [1.82, 2.24) is 0 Å². The molecule has 0 fully saturated rings. The molecule has 0 aliphatic heterocycles. The van der Waals surface area contributed by atoms with Crippen molar-refractivity contribution in [1.29, 1.82) is 0 Å². The summed E-state index contributed by atoms with van der Waals surface area (Å²) in [6, 6.07) is 0. The predicted octanol–water partition coefficient (Wildman–Crippen LogP) is 2.72. The first-order valence-electron chi connectivity index (χ1n) is 1.84. The Bertz CT molecular complexity index is 26.7. The molecule has 0 amide bonds. The lowest BCUT2D eigenvalue weighted by atomic mass is 10.4. The maximum atomic E-state index is 3.67. The van der Waals surface area contributed by atoms with Gasteiger partial charge in [-0.15, -0.1) is 0 Å². The van der Waals surface area contributed by atoms with E-state index in [1.165, 1.54) is 0 Å². The lowest BCUT2D eigenvalue weighted by Crippen LogP contribution is -1.79. The molecule has 0 spiro atoms. The SMILES string of the molecule is [CH2]CCC(Br)Br. The van der Waals surface area contributed by atoms with Crippen molar-refractivity contribution in [3.63, 3.8) is 0 Å². The maximum Gasteiger partial charge on any atom is 0.0697 e. The van der Waals surface area contributed by atoms with Crippen LogP contribution >= 0.6 is 31.9 Å². The highest BCUT2D eigenvalue weighted by atomic mass is 79.9. The number of hydrogen-bond acceptors (Lipinski definition) is 0. The highest BCUT2D eigenvalue weighted by molar-refractivity contribution is 9.24. The summed E-state index contributed by atoms with van der Waals surface area (Å²) in [4.78, 5) is 0. The van der Waals surface area contributed by atoms with Gasteiger partial charge in [-0.25, -0.2) is 0 Å². The Morgan fingerprint density at radius 3 is 2.00 bits per heavy atom. The van der Waals surface area contributed by atoms with Crippen LogP contribution in [-0.4, -0.2) is 3.74 Å². The second-order valence-electron chi connectivity index (χ2n) is 1.03. The zero-order chi connectivity index (χ0) is 4.99. The van der Waals surface area contributed by atoms with E-state index in [0.717, 1.165) is 12.8 Å². The van der Waals surface area contributed by atoms with E-state index >= 15 is 0 Å². The number of hydrogen-bond donors (Lipinski definition) is 0. The van der Waals surface area contributed by atoms with E-state index in [0.29, 0.717) is 3.74 Å². The minimum atomic E-state index is 0.461. The molecule has 0 rings (SSSR count). The van der Waals surface area contributed by atoms with Gasteiger partial charge in [0, 0.05) is 0 Å². The Kier molecular flexibility index (Phi) is 4.79. The summed E-state index contributed by atoms with van der Waals surface area (Å²) in [6.45, 7) is 3.67. The average Bonchev–Trinajstić information content (AvgIpc) is 1.35. The fourth-order valence-electron chi connectivity index (χ4n) is 0.154. The van der Waals surface area contributed by atoms with Crippen LogP contribution in [0.25, 0.3) is 0 Å². The van der Waals surface area contributed by atoms with E-state index in [9.17, 15) is 0 Å². The molecule has 0 heterocycles. The van der Waals surface area contributed by atoms with E-state index < -0.39 is 0 Å². The normalized spacial score (nSPS) is 10.0. The molecular formula is C4H7Br2. The first-order chi connectivity index (χ1) is 2.77. The van der Waals surface area contributed by atoms with Crippen molar-refractivity contribution < 1.29 is 0 Å². The molecule has 1 radical (unpaired) electrons. The molecule has 0 aromatic heterocycles. The van der Waals surface area contributed by atoms with E-state index in [-0.39, 0.29) is 0 Å². The molecular weight excluding hydrogens is 208 g/mol. The van der Waals surface area contributed by atoms with Gasteiger partial charge in [0.15, 0.2) is 0 Å². The third kappa shape index (κ3) is 4.96. The van der Waals surface area contributed by atoms with Crippen LogP contribution in [0.2, 0.25) is 0 Å². The molecule has 0 nitrogen and oxygen atoms in total. The summed E-state index contributed by atoms with van der Waals surface area (Å²) < 4.78 is 0.461. The van der Waals surface area contributed by atoms with E-state index in [2.05, 4.69) is 38.8 Å². The summed E-state index contributed by atoms with van der Waals surface area (Å²) in [5.41, 5.74) is 0. The van der Waals surface area contributed by atoms with Crippen molar-refractivity contribution in [3.8, 4) is 0 Å². The average molecular weight is 215 g/mol. The van der Waals surface area contributed by atoms with Crippen LogP contribution in [0.1, 0.15) is 12.8 Å². The number of rotatable bonds is 2. The highest BCUT2D eigenvalue weighted by Crippen LogP contribution is 2.13. The first-order valence-corrected chi connectivity index (χ1v) is 3.68. The van der Waals surface area contributed by atoms with Gasteiger partial charge in [0.05, 0.1) is 3.74 Å². The monoisotopic (exact) mass is 213 g/mol. The van der Waals surface area contributed by atoms with Crippen LogP contribution in [0.3, 0.4) is 0 Å². The Balaban J connectivity index is 2.63. The van der Waals surface area contributed by atoms with Crippen molar-refractivity contribution >= 4 is 31.9 Å². The third-order valence-electron chi connectivity index (χ3n) is 0.422.